The van der Waals surface area contributed by atoms with Crippen molar-refractivity contribution in [3.8, 4) is 11.5 Å². The van der Waals surface area contributed by atoms with Gasteiger partial charge in [0.15, 0.2) is 6.29 Å². The fourth-order valence-electron chi connectivity index (χ4n) is 8.88. The van der Waals surface area contributed by atoms with E-state index >= 15 is 0 Å². The molecule has 0 saturated carbocycles. The number of hydrogen-bond donors (Lipinski definition) is 7. The predicted octanol–water partition coefficient (Wildman–Crippen LogP) is 11.0. The Morgan fingerprint density at radius 1 is 0.571 bits per heavy atom. The number of carbonyl (C=O) groups is 5. The second kappa shape index (κ2) is 65.0. The molecule has 0 bridgehead atoms. The molecule has 98 heavy (non-hydrogen) atoms. The number of esters is 1. The Hall–Kier alpha value is -5.31. The summed E-state index contributed by atoms with van der Waals surface area (Å²) in [6.45, 7) is 9.18. The molecule has 25 heteroatoms. The van der Waals surface area contributed by atoms with Gasteiger partial charge < -0.3 is 74.8 Å². The van der Waals surface area contributed by atoms with Crippen molar-refractivity contribution in [2.45, 2.75) is 104 Å². The fraction of sp³-hybridized carbons (Fsp3) is 0.438. The zero-order valence-corrected chi connectivity index (χ0v) is 63.2. The van der Waals surface area contributed by atoms with Crippen LogP contribution in [0.25, 0.3) is 0 Å². The van der Waals surface area contributed by atoms with Gasteiger partial charge in [-0.05, 0) is 160 Å². The van der Waals surface area contributed by atoms with Gasteiger partial charge in [-0.1, -0.05) is 165 Å². The van der Waals surface area contributed by atoms with Crippen molar-refractivity contribution in [3.05, 3.63) is 199 Å². The van der Waals surface area contributed by atoms with E-state index in [0.29, 0.717) is 69.5 Å². The van der Waals surface area contributed by atoms with E-state index in [1.807, 2.05) is 107 Å². The minimum absolute atomic E-state index is 0. The smallest absolute Gasteiger partial charge is 0.870 e. The fourth-order valence-corrected chi connectivity index (χ4v) is 9.95. The summed E-state index contributed by atoms with van der Waals surface area (Å²) in [5, 5.41) is 56.5. The third-order valence-corrected chi connectivity index (χ3v) is 15.4. The number of alkyl halides is 1. The van der Waals surface area contributed by atoms with Crippen LogP contribution in [-0.2, 0) is 60.5 Å². The number of rotatable bonds is 22. The van der Waals surface area contributed by atoms with Crippen molar-refractivity contribution < 1.29 is 107 Å². The number of nitrogens with one attached hydrogen (secondary N) is 1. The molecule has 542 valence electrons. The van der Waals surface area contributed by atoms with E-state index in [1.54, 1.807) is 60.5 Å². The third kappa shape index (κ3) is 43.4. The zero-order chi connectivity index (χ0) is 71.0. The van der Waals surface area contributed by atoms with Crippen molar-refractivity contribution in [2.24, 2.45) is 0 Å². The minimum atomic E-state index is -0.883. The summed E-state index contributed by atoms with van der Waals surface area (Å²) in [6, 6.07) is 42.7. The quantitative estimate of drug-likeness (QED) is 0.00829. The normalized spacial score (nSPS) is 12.8. The molecule has 0 radical (unpaired) electrons. The molecule has 20 nitrogen and oxygen atoms in total. The number of aliphatic hydroxyl groups excluding tert-OH is 3. The van der Waals surface area contributed by atoms with Crippen LogP contribution in [0, 0.1) is 0 Å². The number of halogens is 4. The molecular weight excluding hydrogens is 1520 g/mol. The van der Waals surface area contributed by atoms with Gasteiger partial charge in [-0.2, -0.15) is 0 Å². The zero-order valence-electron chi connectivity index (χ0n) is 57.1. The van der Waals surface area contributed by atoms with E-state index in [4.69, 9.17) is 60.8 Å². The molecule has 0 aromatic heterocycles. The van der Waals surface area contributed by atoms with Crippen LogP contribution in [0.15, 0.2) is 148 Å². The van der Waals surface area contributed by atoms with Crippen molar-refractivity contribution in [1.82, 2.24) is 10.2 Å². The minimum Gasteiger partial charge on any atom is -0.870 e. The number of likely N-dealkylation sites (tertiary alicyclic amines) is 1. The van der Waals surface area contributed by atoms with Crippen LogP contribution >= 0.6 is 66.1 Å². The number of piperidine rings is 2. The first-order chi connectivity index (χ1) is 46.0. The SMILES string of the molecule is C.CCOC(=O)Cl.CCOC(=O)c1ccccc1CCOC.CI.COCCc1ccccc1Br.COCCc1ccccc1C(=O)N1CCCC[C@H]1CO.COCCc1ccccc1C(=O)O.O=Cc1c(O)cccc1O.OCCc1ccccc1Br.OC[C@@H]1CCCCN1.[Li+].[OH-]. The molecular formula is C73H103Br2ClILiN2O18. The average molecular weight is 1630 g/mol. The first kappa shape index (κ1) is 99.1. The molecule has 2 saturated heterocycles. The summed E-state index contributed by atoms with van der Waals surface area (Å²) >= 11 is 13.7. The second-order valence-corrected chi connectivity index (χ2v) is 22.3. The van der Waals surface area contributed by atoms with Gasteiger partial charge in [0.2, 0.25) is 0 Å². The standard InChI is InChI=1S/C16H23NO3.C12H16O3.C10H12O3.C9H11BrO.C8H9BrO.C7H6O3.C6H13NO.C3H5ClO2.CH3I.CH4.Li.H2O/c1-20-11-9-13-6-2-3-8-15(13)16(19)17-10-5-4-7-14(17)12-18;1-3-15-12(13)11-7-5-4-6-10(11)8-9-14-2;1-13-7-6-8-4-2-3-5-9(8)10(11)12;1-11-7-6-8-4-2-3-5-9(8)10;9-8-4-2-1-3-7(8)5-6-10;8-4-5-6(9)2-1-3-7(5)10;8-5-6-3-1-2-4-7-6;1-2-6-3(4)5;1-2;;;/h2-3,6,8,14,18H,4-5,7,9-12H2,1H3;4-7H,3,8-9H2,1-2H3;2-5H,6-7H2,1H3,(H,11,12);2-5H,6-7H2,1H3;1-4,10H,5-6H2;1-4,9-10H;6-8H,1-5H2;2H2,1H3;1H3;1H4;;1H2/q;;;;;;;;;;+1;/p-1/t14-;;;;;;6-;;;;;/m0.....0...../s1. The van der Waals surface area contributed by atoms with Crippen LogP contribution in [0.2, 0.25) is 0 Å². The van der Waals surface area contributed by atoms with Crippen LogP contribution in [0.4, 0.5) is 4.79 Å². The summed E-state index contributed by atoms with van der Waals surface area (Å²) in [5.41, 5.74) is 6.19. The number of methoxy groups -OCH3 is 4. The van der Waals surface area contributed by atoms with Gasteiger partial charge in [0.05, 0.1) is 75.6 Å². The molecule has 6 aromatic carbocycles. The number of hydrogen-bond acceptors (Lipinski definition) is 18. The Labute approximate surface area is 628 Å². The maximum atomic E-state index is 12.7. The van der Waals surface area contributed by atoms with Crippen molar-refractivity contribution >= 4 is 95.6 Å². The molecule has 2 aliphatic heterocycles. The van der Waals surface area contributed by atoms with Crippen molar-refractivity contribution in [3.63, 3.8) is 0 Å². The van der Waals surface area contributed by atoms with Crippen LogP contribution in [-0.4, -0.2) is 189 Å². The number of nitrogens with zero attached hydrogens (tertiary/aromatic N) is 1. The molecule has 8 rings (SSSR count). The molecule has 1 amide bonds. The molecule has 0 unspecified atom stereocenters. The van der Waals surface area contributed by atoms with Crippen LogP contribution < -0.4 is 24.2 Å². The Morgan fingerprint density at radius 2 is 0.980 bits per heavy atom. The molecule has 6 aromatic rings. The summed E-state index contributed by atoms with van der Waals surface area (Å²) in [4.78, 5) is 58.6. The Bertz CT molecular complexity index is 3000. The number of aromatic hydroxyl groups is 2. The van der Waals surface area contributed by atoms with E-state index in [0.717, 1.165) is 108 Å². The molecule has 2 heterocycles. The average Bonchev–Trinajstić information content (AvgIpc) is 0.839. The number of phenolic OH excluding ortho intramolecular Hbond substituents is 2. The molecule has 0 spiro atoms. The number of phenols is 2. The van der Waals surface area contributed by atoms with E-state index in [2.05, 4.69) is 70.6 Å². The first-order valence-electron chi connectivity index (χ1n) is 31.1. The second-order valence-electron chi connectivity index (χ2n) is 20.3. The molecule has 2 aliphatic rings. The number of aromatic carboxylic acids is 1. The number of carbonyl (C=O) groups excluding carboxylic acids is 4. The van der Waals surface area contributed by atoms with Crippen molar-refractivity contribution in [2.75, 3.05) is 106 Å². The number of carboxylic acid groups (broad SMARTS) is 1. The molecule has 2 fully saturated rings. The number of aldehydes is 1. The maximum absolute atomic E-state index is 12.7. The monoisotopic (exact) mass is 1620 g/mol. The van der Waals surface area contributed by atoms with Gasteiger partial charge in [-0.25, -0.2) is 14.4 Å². The van der Waals surface area contributed by atoms with E-state index in [1.165, 1.54) is 36.6 Å². The van der Waals surface area contributed by atoms with Crippen molar-refractivity contribution in [1.29, 1.82) is 0 Å². The molecule has 2 atom stereocenters. The Morgan fingerprint density at radius 3 is 1.35 bits per heavy atom. The molecule has 0 aliphatic carbocycles. The van der Waals surface area contributed by atoms with Gasteiger partial charge in [-0.3, -0.25) is 9.59 Å². The predicted molar refractivity (Wildman–Crippen MR) is 399 cm³/mol. The van der Waals surface area contributed by atoms with Gasteiger partial charge in [0.1, 0.15) is 11.5 Å². The summed E-state index contributed by atoms with van der Waals surface area (Å²) in [5.74, 6) is -1.50. The number of amides is 1. The number of aliphatic hydroxyl groups is 3. The van der Waals surface area contributed by atoms with Crippen LogP contribution in [0.1, 0.15) is 129 Å². The van der Waals surface area contributed by atoms with Gasteiger partial charge in [0.25, 0.3) is 5.91 Å². The number of carboxylic acids is 1. The van der Waals surface area contributed by atoms with Gasteiger partial charge in [-0.15, -0.1) is 0 Å². The Balaban J connectivity index is -0.000000522. The molecule has 8 N–H and O–H groups in total. The summed E-state index contributed by atoms with van der Waals surface area (Å²) in [6.07, 6.45) is 10.9. The van der Waals surface area contributed by atoms with E-state index in [9.17, 15) is 29.1 Å². The first-order valence-corrected chi connectivity index (χ1v) is 35.2. The topological polar surface area (TPSA) is 307 Å². The largest absolute Gasteiger partial charge is 1.00 e. The summed E-state index contributed by atoms with van der Waals surface area (Å²) < 4.78 is 31.3. The maximum Gasteiger partial charge on any atom is 1.00 e. The Kier molecular flexibility index (Phi) is 65.7. The van der Waals surface area contributed by atoms with E-state index in [-0.39, 0.29) is 80.0 Å². The third-order valence-electron chi connectivity index (χ3n) is 13.8. The van der Waals surface area contributed by atoms with E-state index < -0.39 is 11.4 Å². The number of ether oxygens (including phenoxy) is 6. The van der Waals surface area contributed by atoms with Gasteiger partial charge in [0, 0.05) is 73.7 Å². The van der Waals surface area contributed by atoms with Gasteiger partial charge >= 0.3 is 36.2 Å². The summed E-state index contributed by atoms with van der Waals surface area (Å²) in [7, 11) is 6.63. The van der Waals surface area contributed by atoms with Crippen LogP contribution in [0.5, 0.6) is 11.5 Å². The van der Waals surface area contributed by atoms with Crippen LogP contribution in [0.3, 0.4) is 0 Å². The number of benzene rings is 6.